The molecule has 1 atom stereocenters. The number of hydrogen-bond acceptors (Lipinski definition) is 4. The Morgan fingerprint density at radius 2 is 2.19 bits per heavy atom. The first-order valence-corrected chi connectivity index (χ1v) is 7.10. The first-order valence-electron chi connectivity index (χ1n) is 7.10. The molecule has 0 saturated carbocycles. The van der Waals surface area contributed by atoms with E-state index in [0.29, 0.717) is 29.1 Å². The Balaban J connectivity index is 2.19. The molecular weight excluding hydrogens is 270 g/mol. The Kier molecular flexibility index (Phi) is 3.55. The number of fused-ring (bicyclic) bond motifs is 1. The SMILES string of the molecule is COc1ccc2c(c1)c(=O)n(CC1CCNC1)c(=O)n2C. The quantitative estimate of drug-likeness (QED) is 0.884. The van der Waals surface area contributed by atoms with Crippen LogP contribution in [-0.2, 0) is 13.6 Å². The molecule has 0 aliphatic carbocycles. The average molecular weight is 289 g/mol. The molecule has 0 amide bonds. The molecule has 21 heavy (non-hydrogen) atoms. The lowest BCUT2D eigenvalue weighted by Gasteiger charge is -2.14. The van der Waals surface area contributed by atoms with Gasteiger partial charge in [-0.05, 0) is 43.6 Å². The van der Waals surface area contributed by atoms with E-state index in [-0.39, 0.29) is 11.2 Å². The van der Waals surface area contributed by atoms with Crippen molar-refractivity contribution in [3.8, 4) is 5.75 Å². The molecule has 0 spiro atoms. The molecule has 1 fully saturated rings. The Labute approximate surface area is 122 Å². The monoisotopic (exact) mass is 289 g/mol. The zero-order chi connectivity index (χ0) is 15.0. The van der Waals surface area contributed by atoms with Crippen LogP contribution in [0.1, 0.15) is 6.42 Å². The third-order valence-corrected chi connectivity index (χ3v) is 4.16. The van der Waals surface area contributed by atoms with E-state index in [9.17, 15) is 9.59 Å². The fraction of sp³-hybridized carbons (Fsp3) is 0.467. The Hall–Kier alpha value is -2.08. The number of nitrogens with zero attached hydrogens (tertiary/aromatic N) is 2. The van der Waals surface area contributed by atoms with Crippen LogP contribution in [0.4, 0.5) is 0 Å². The fourth-order valence-electron chi connectivity index (χ4n) is 2.91. The molecule has 3 rings (SSSR count). The van der Waals surface area contributed by atoms with Crippen LogP contribution in [-0.4, -0.2) is 29.3 Å². The van der Waals surface area contributed by atoms with Gasteiger partial charge < -0.3 is 10.1 Å². The third kappa shape index (κ3) is 2.35. The maximum absolute atomic E-state index is 12.6. The van der Waals surface area contributed by atoms with E-state index in [4.69, 9.17) is 4.74 Å². The molecule has 1 aromatic heterocycles. The molecule has 6 heteroatoms. The van der Waals surface area contributed by atoms with Crippen LogP contribution >= 0.6 is 0 Å². The van der Waals surface area contributed by atoms with Gasteiger partial charge in [-0.25, -0.2) is 4.79 Å². The molecule has 1 aromatic carbocycles. The number of nitrogens with one attached hydrogen (secondary N) is 1. The summed E-state index contributed by atoms with van der Waals surface area (Å²) in [6.45, 7) is 2.26. The molecule has 1 saturated heterocycles. The van der Waals surface area contributed by atoms with Crippen molar-refractivity contribution in [2.45, 2.75) is 13.0 Å². The summed E-state index contributed by atoms with van der Waals surface area (Å²) in [6.07, 6.45) is 0.992. The standard InChI is InChI=1S/C15H19N3O3/c1-17-13-4-3-11(21-2)7-12(13)14(19)18(15(17)20)9-10-5-6-16-8-10/h3-4,7,10,16H,5-6,8-9H2,1-2H3. The molecule has 112 valence electrons. The smallest absolute Gasteiger partial charge is 0.331 e. The van der Waals surface area contributed by atoms with E-state index in [0.717, 1.165) is 19.5 Å². The first-order chi connectivity index (χ1) is 10.1. The van der Waals surface area contributed by atoms with Crippen molar-refractivity contribution in [3.05, 3.63) is 39.0 Å². The van der Waals surface area contributed by atoms with Crippen LogP contribution in [0.2, 0.25) is 0 Å². The summed E-state index contributed by atoms with van der Waals surface area (Å²) < 4.78 is 8.05. The fourth-order valence-corrected chi connectivity index (χ4v) is 2.91. The van der Waals surface area contributed by atoms with Gasteiger partial charge in [0.25, 0.3) is 5.56 Å². The van der Waals surface area contributed by atoms with Crippen molar-refractivity contribution in [1.29, 1.82) is 0 Å². The average Bonchev–Trinajstić information content (AvgIpc) is 3.02. The van der Waals surface area contributed by atoms with Gasteiger partial charge in [-0.1, -0.05) is 0 Å². The van der Waals surface area contributed by atoms with E-state index in [2.05, 4.69) is 5.32 Å². The lowest BCUT2D eigenvalue weighted by atomic mass is 10.1. The van der Waals surface area contributed by atoms with Gasteiger partial charge in [0.05, 0.1) is 18.0 Å². The van der Waals surface area contributed by atoms with Crippen LogP contribution < -0.4 is 21.3 Å². The van der Waals surface area contributed by atoms with Gasteiger partial charge in [0.1, 0.15) is 5.75 Å². The van der Waals surface area contributed by atoms with Crippen molar-refractivity contribution in [2.24, 2.45) is 13.0 Å². The van der Waals surface area contributed by atoms with Gasteiger partial charge in [-0.3, -0.25) is 13.9 Å². The van der Waals surface area contributed by atoms with Gasteiger partial charge in [0.15, 0.2) is 0 Å². The maximum Gasteiger partial charge on any atom is 0.331 e. The number of aromatic nitrogens is 2. The predicted molar refractivity (Wildman–Crippen MR) is 81.0 cm³/mol. The van der Waals surface area contributed by atoms with Gasteiger partial charge in [0.2, 0.25) is 0 Å². The number of aryl methyl sites for hydroxylation is 1. The first kappa shape index (κ1) is 13.9. The minimum atomic E-state index is -0.260. The van der Waals surface area contributed by atoms with Crippen LogP contribution in [0.15, 0.2) is 27.8 Å². The second kappa shape index (κ2) is 5.37. The molecule has 6 nitrogen and oxygen atoms in total. The largest absolute Gasteiger partial charge is 0.497 e. The zero-order valence-corrected chi connectivity index (χ0v) is 12.3. The molecule has 1 unspecified atom stereocenters. The van der Waals surface area contributed by atoms with Crippen LogP contribution in [0.25, 0.3) is 10.9 Å². The maximum atomic E-state index is 12.6. The number of methoxy groups -OCH3 is 1. The molecule has 2 heterocycles. The second-order valence-electron chi connectivity index (χ2n) is 5.50. The summed E-state index contributed by atoms with van der Waals surface area (Å²) in [4.78, 5) is 25.1. The van der Waals surface area contributed by atoms with Crippen molar-refractivity contribution in [3.63, 3.8) is 0 Å². The minimum Gasteiger partial charge on any atom is -0.497 e. The number of ether oxygens (including phenoxy) is 1. The van der Waals surface area contributed by atoms with E-state index >= 15 is 0 Å². The summed E-state index contributed by atoms with van der Waals surface area (Å²) in [6, 6.07) is 5.20. The Morgan fingerprint density at radius 1 is 1.38 bits per heavy atom. The van der Waals surface area contributed by atoms with Crippen LogP contribution in [0.5, 0.6) is 5.75 Å². The summed E-state index contributed by atoms with van der Waals surface area (Å²) in [5, 5.41) is 3.77. The summed E-state index contributed by atoms with van der Waals surface area (Å²) in [7, 11) is 3.26. The van der Waals surface area contributed by atoms with Crippen molar-refractivity contribution >= 4 is 10.9 Å². The van der Waals surface area contributed by atoms with E-state index in [1.165, 1.54) is 9.13 Å². The lowest BCUT2D eigenvalue weighted by Crippen LogP contribution is -2.40. The number of hydrogen-bond donors (Lipinski definition) is 1. The Morgan fingerprint density at radius 3 is 2.86 bits per heavy atom. The molecule has 0 radical (unpaired) electrons. The van der Waals surface area contributed by atoms with Gasteiger partial charge in [-0.15, -0.1) is 0 Å². The van der Waals surface area contributed by atoms with Crippen molar-refractivity contribution in [2.75, 3.05) is 20.2 Å². The van der Waals surface area contributed by atoms with Crippen LogP contribution in [0.3, 0.4) is 0 Å². The van der Waals surface area contributed by atoms with Gasteiger partial charge in [-0.2, -0.15) is 0 Å². The number of rotatable bonds is 3. The minimum absolute atomic E-state index is 0.237. The molecule has 2 aromatic rings. The third-order valence-electron chi connectivity index (χ3n) is 4.16. The molecule has 1 aliphatic heterocycles. The van der Waals surface area contributed by atoms with E-state index in [1.54, 1.807) is 32.4 Å². The zero-order valence-electron chi connectivity index (χ0n) is 12.3. The molecule has 1 aliphatic rings. The van der Waals surface area contributed by atoms with Crippen LogP contribution in [0, 0.1) is 5.92 Å². The van der Waals surface area contributed by atoms with Gasteiger partial charge in [0, 0.05) is 13.6 Å². The van der Waals surface area contributed by atoms with Gasteiger partial charge >= 0.3 is 5.69 Å². The second-order valence-corrected chi connectivity index (χ2v) is 5.50. The highest BCUT2D eigenvalue weighted by molar-refractivity contribution is 5.79. The molecular formula is C15H19N3O3. The predicted octanol–water partition coefficient (Wildman–Crippen LogP) is 0.318. The Bertz CT molecular complexity index is 785. The van der Waals surface area contributed by atoms with E-state index < -0.39 is 0 Å². The lowest BCUT2D eigenvalue weighted by molar-refractivity contribution is 0.415. The highest BCUT2D eigenvalue weighted by Gasteiger charge is 2.19. The summed E-state index contributed by atoms with van der Waals surface area (Å²) in [5.41, 5.74) is 0.134. The summed E-state index contributed by atoms with van der Waals surface area (Å²) >= 11 is 0. The van der Waals surface area contributed by atoms with Crippen molar-refractivity contribution < 1.29 is 4.74 Å². The highest BCUT2D eigenvalue weighted by Crippen LogP contribution is 2.17. The summed E-state index contributed by atoms with van der Waals surface area (Å²) in [5.74, 6) is 0.950. The van der Waals surface area contributed by atoms with E-state index in [1.807, 2.05) is 0 Å². The highest BCUT2D eigenvalue weighted by atomic mass is 16.5. The number of benzene rings is 1. The molecule has 1 N–H and O–H groups in total. The normalized spacial score (nSPS) is 18.3. The molecule has 0 bridgehead atoms. The topological polar surface area (TPSA) is 65.3 Å². The van der Waals surface area contributed by atoms with Crippen molar-refractivity contribution in [1.82, 2.24) is 14.5 Å².